The summed E-state index contributed by atoms with van der Waals surface area (Å²) in [5.74, 6) is -0.602. The van der Waals surface area contributed by atoms with E-state index in [2.05, 4.69) is 0 Å². The SMILES string of the molecule is CCOC(=O)c1sc2nc3c(c(-c4ccc(Cl)cc4)c2c1N)C(=O)c1ccccc1-3. The van der Waals surface area contributed by atoms with E-state index in [9.17, 15) is 9.59 Å². The molecule has 2 aromatic carbocycles. The second-order valence-corrected chi connectivity index (χ2v) is 8.27. The molecule has 0 spiro atoms. The van der Waals surface area contributed by atoms with E-state index in [0.717, 1.165) is 11.1 Å². The monoisotopic (exact) mass is 434 g/mol. The number of halogens is 1. The molecule has 2 heterocycles. The fourth-order valence-electron chi connectivity index (χ4n) is 3.84. The molecule has 5 nitrogen and oxygen atoms in total. The topological polar surface area (TPSA) is 82.3 Å². The van der Waals surface area contributed by atoms with Crippen LogP contribution in [0.2, 0.25) is 5.02 Å². The predicted molar refractivity (Wildman–Crippen MR) is 119 cm³/mol. The summed E-state index contributed by atoms with van der Waals surface area (Å²) < 4.78 is 5.16. The third kappa shape index (κ3) is 2.65. The van der Waals surface area contributed by atoms with Gasteiger partial charge in [0.05, 0.1) is 23.6 Å². The Kier molecular flexibility index (Phi) is 4.34. The highest BCUT2D eigenvalue weighted by Crippen LogP contribution is 2.48. The lowest BCUT2D eigenvalue weighted by molar-refractivity contribution is 0.0533. The van der Waals surface area contributed by atoms with Gasteiger partial charge in [0.2, 0.25) is 0 Å². The van der Waals surface area contributed by atoms with E-state index in [1.165, 1.54) is 11.3 Å². The number of carbonyl (C=O) groups excluding carboxylic acids is 2. The maximum absolute atomic E-state index is 13.4. The second-order valence-electron chi connectivity index (χ2n) is 6.84. The van der Waals surface area contributed by atoms with E-state index in [1.807, 2.05) is 30.3 Å². The number of benzene rings is 2. The van der Waals surface area contributed by atoms with Gasteiger partial charge in [-0.2, -0.15) is 0 Å². The number of pyridine rings is 1. The van der Waals surface area contributed by atoms with E-state index in [1.54, 1.807) is 25.1 Å². The number of esters is 1. The minimum absolute atomic E-state index is 0.108. The predicted octanol–water partition coefficient (Wildman–Crippen LogP) is 5.59. The van der Waals surface area contributed by atoms with Crippen molar-refractivity contribution in [1.82, 2.24) is 4.98 Å². The molecule has 0 fully saturated rings. The Morgan fingerprint density at radius 2 is 1.80 bits per heavy atom. The van der Waals surface area contributed by atoms with E-state index < -0.39 is 5.97 Å². The number of hydrogen-bond acceptors (Lipinski definition) is 6. The van der Waals surface area contributed by atoms with Crippen LogP contribution in [0.3, 0.4) is 0 Å². The smallest absolute Gasteiger partial charge is 0.350 e. The van der Waals surface area contributed by atoms with Crippen LogP contribution in [0.1, 0.15) is 32.5 Å². The summed E-state index contributed by atoms with van der Waals surface area (Å²) in [5.41, 5.74) is 10.6. The molecule has 1 aliphatic carbocycles. The number of nitrogen functional groups attached to an aromatic ring is 1. The van der Waals surface area contributed by atoms with Crippen LogP contribution in [0, 0.1) is 0 Å². The molecule has 148 valence electrons. The highest BCUT2D eigenvalue weighted by molar-refractivity contribution is 7.21. The second kappa shape index (κ2) is 6.93. The largest absolute Gasteiger partial charge is 0.462 e. The zero-order valence-electron chi connectivity index (χ0n) is 15.9. The first kappa shape index (κ1) is 18.8. The number of rotatable bonds is 3. The van der Waals surface area contributed by atoms with Crippen molar-refractivity contribution in [3.63, 3.8) is 0 Å². The summed E-state index contributed by atoms with van der Waals surface area (Å²) >= 11 is 7.26. The molecule has 4 aromatic rings. The Morgan fingerprint density at radius 3 is 2.50 bits per heavy atom. The van der Waals surface area contributed by atoms with Gasteiger partial charge in [-0.1, -0.05) is 48.0 Å². The normalized spacial score (nSPS) is 12.1. The van der Waals surface area contributed by atoms with Crippen molar-refractivity contribution in [3.8, 4) is 22.4 Å². The van der Waals surface area contributed by atoms with Crippen molar-refractivity contribution in [2.24, 2.45) is 0 Å². The van der Waals surface area contributed by atoms with Crippen molar-refractivity contribution >= 4 is 50.6 Å². The molecule has 0 unspecified atom stereocenters. The van der Waals surface area contributed by atoms with Crippen LogP contribution in [0.4, 0.5) is 5.69 Å². The number of aromatic nitrogens is 1. The fourth-order valence-corrected chi connectivity index (χ4v) is 4.97. The third-order valence-corrected chi connectivity index (χ3v) is 6.46. The van der Waals surface area contributed by atoms with Gasteiger partial charge in [0.25, 0.3) is 0 Å². The van der Waals surface area contributed by atoms with Crippen LogP contribution in [0.5, 0.6) is 0 Å². The van der Waals surface area contributed by atoms with E-state index in [-0.39, 0.29) is 18.1 Å². The Hall–Kier alpha value is -3.22. The maximum atomic E-state index is 13.4. The minimum Gasteiger partial charge on any atom is -0.462 e. The summed E-state index contributed by atoms with van der Waals surface area (Å²) in [6.07, 6.45) is 0. The van der Waals surface area contributed by atoms with Gasteiger partial charge in [-0.3, -0.25) is 4.79 Å². The third-order valence-electron chi connectivity index (χ3n) is 5.12. The van der Waals surface area contributed by atoms with E-state index in [0.29, 0.717) is 42.5 Å². The summed E-state index contributed by atoms with van der Waals surface area (Å²) in [6, 6.07) is 14.6. The highest BCUT2D eigenvalue weighted by Gasteiger charge is 2.34. The van der Waals surface area contributed by atoms with Crippen LogP contribution in [-0.2, 0) is 4.74 Å². The van der Waals surface area contributed by atoms with Crippen molar-refractivity contribution in [2.45, 2.75) is 6.92 Å². The lowest BCUT2D eigenvalue weighted by atomic mass is 9.94. The summed E-state index contributed by atoms with van der Waals surface area (Å²) in [5, 5.41) is 1.17. The van der Waals surface area contributed by atoms with Gasteiger partial charge < -0.3 is 10.5 Å². The van der Waals surface area contributed by atoms with Gasteiger partial charge in [-0.15, -0.1) is 11.3 Å². The van der Waals surface area contributed by atoms with Crippen LogP contribution in [-0.4, -0.2) is 23.3 Å². The molecule has 0 aliphatic heterocycles. The Morgan fingerprint density at radius 1 is 1.10 bits per heavy atom. The molecule has 2 aromatic heterocycles. The molecule has 1 aliphatic rings. The lowest BCUT2D eigenvalue weighted by Crippen LogP contribution is -2.05. The van der Waals surface area contributed by atoms with Crippen LogP contribution in [0.25, 0.3) is 32.6 Å². The molecule has 0 saturated carbocycles. The quantitative estimate of drug-likeness (QED) is 0.374. The average molecular weight is 435 g/mol. The molecule has 7 heteroatoms. The van der Waals surface area contributed by atoms with Crippen molar-refractivity contribution in [1.29, 1.82) is 0 Å². The van der Waals surface area contributed by atoms with Gasteiger partial charge in [-0.05, 0) is 24.6 Å². The maximum Gasteiger partial charge on any atom is 0.350 e. The molecular formula is C23H15ClN2O3S. The van der Waals surface area contributed by atoms with Gasteiger partial charge in [0, 0.05) is 27.1 Å². The number of fused-ring (bicyclic) bond motifs is 4. The molecule has 0 radical (unpaired) electrons. The van der Waals surface area contributed by atoms with Crippen molar-refractivity contribution in [2.75, 3.05) is 12.3 Å². The number of carbonyl (C=O) groups is 2. The first-order chi connectivity index (χ1) is 14.5. The van der Waals surface area contributed by atoms with Crippen LogP contribution < -0.4 is 5.73 Å². The van der Waals surface area contributed by atoms with E-state index in [4.69, 9.17) is 27.1 Å². The van der Waals surface area contributed by atoms with Gasteiger partial charge in [-0.25, -0.2) is 9.78 Å². The zero-order chi connectivity index (χ0) is 21.0. The van der Waals surface area contributed by atoms with Gasteiger partial charge >= 0.3 is 5.97 Å². The number of nitrogens with two attached hydrogens (primary N) is 1. The molecule has 0 atom stereocenters. The van der Waals surface area contributed by atoms with Crippen LogP contribution in [0.15, 0.2) is 48.5 Å². The standard InChI is InChI=1S/C23H15ClN2O3S/c1-2-29-23(28)21-18(25)16-15(11-7-9-12(24)10-8-11)17-19(26-22(16)30-21)13-5-3-4-6-14(13)20(17)27/h3-10H,2,25H2,1H3. The molecular weight excluding hydrogens is 420 g/mol. The first-order valence-electron chi connectivity index (χ1n) is 9.34. The Bertz CT molecular complexity index is 1360. The average Bonchev–Trinajstić information content (AvgIpc) is 3.23. The molecule has 30 heavy (non-hydrogen) atoms. The summed E-state index contributed by atoms with van der Waals surface area (Å²) in [6.45, 7) is 1.98. The zero-order valence-corrected chi connectivity index (χ0v) is 17.4. The molecule has 0 saturated heterocycles. The van der Waals surface area contributed by atoms with Crippen LogP contribution >= 0.6 is 22.9 Å². The number of nitrogens with zero attached hydrogens (tertiary/aromatic N) is 1. The van der Waals surface area contributed by atoms with Gasteiger partial charge in [0.1, 0.15) is 9.71 Å². The Balaban J connectivity index is 1.90. The van der Waals surface area contributed by atoms with Crippen molar-refractivity contribution < 1.29 is 14.3 Å². The number of hydrogen-bond donors (Lipinski definition) is 1. The first-order valence-corrected chi connectivity index (χ1v) is 10.5. The van der Waals surface area contributed by atoms with Gasteiger partial charge in [0.15, 0.2) is 5.78 Å². The number of ether oxygens (including phenoxy) is 1. The molecule has 2 N–H and O–H groups in total. The highest BCUT2D eigenvalue weighted by atomic mass is 35.5. The number of thiophene rings is 1. The number of anilines is 1. The lowest BCUT2D eigenvalue weighted by Gasteiger charge is -2.11. The molecule has 5 rings (SSSR count). The van der Waals surface area contributed by atoms with E-state index >= 15 is 0 Å². The number of ketones is 1. The molecule has 0 bridgehead atoms. The summed E-state index contributed by atoms with van der Waals surface area (Å²) in [4.78, 5) is 31.4. The Labute approximate surface area is 181 Å². The minimum atomic E-state index is -0.494. The molecule has 0 amide bonds. The summed E-state index contributed by atoms with van der Waals surface area (Å²) in [7, 11) is 0. The van der Waals surface area contributed by atoms with Crippen molar-refractivity contribution in [3.05, 3.63) is 69.6 Å². The fraction of sp³-hybridized carbons (Fsp3) is 0.0870.